The number of hydrogen-bond donors (Lipinski definition) is 2. The molecular formula is C26H38O9. The van der Waals surface area contributed by atoms with E-state index in [1.165, 1.54) is 5.56 Å². The Morgan fingerprint density at radius 3 is 1.31 bits per heavy atom. The lowest BCUT2D eigenvalue weighted by molar-refractivity contribution is -0.142. The van der Waals surface area contributed by atoms with E-state index in [0.717, 1.165) is 5.56 Å². The minimum absolute atomic E-state index is 0.0557. The first-order valence-corrected chi connectivity index (χ1v) is 11.6. The van der Waals surface area contributed by atoms with Crippen LogP contribution in [-0.4, -0.2) is 88.9 Å². The second-order valence-corrected chi connectivity index (χ2v) is 7.08. The van der Waals surface area contributed by atoms with Gasteiger partial charge in [-0.05, 0) is 11.1 Å². The summed E-state index contributed by atoms with van der Waals surface area (Å²) in [5.41, 5.74) is 2.29. The standard InChI is InChI=1S/C13H18O5.C13H20O4/c14-13(15)11-18-9-7-16-6-8-17-10-12-4-2-1-3-5-12;14-6-7-15-8-9-16-10-11-17-12-13-4-2-1-3-5-13/h1-5H,6-11H2,(H,14,15);1-5,14H,6-12H2. The van der Waals surface area contributed by atoms with Crippen LogP contribution in [-0.2, 0) is 46.4 Å². The van der Waals surface area contributed by atoms with E-state index in [0.29, 0.717) is 66.1 Å². The van der Waals surface area contributed by atoms with Gasteiger partial charge in [-0.3, -0.25) is 0 Å². The molecule has 0 heterocycles. The molecule has 0 aromatic heterocycles. The van der Waals surface area contributed by atoms with E-state index >= 15 is 0 Å². The number of rotatable bonds is 20. The zero-order valence-corrected chi connectivity index (χ0v) is 20.2. The highest BCUT2D eigenvalue weighted by Crippen LogP contribution is 2.00. The summed E-state index contributed by atoms with van der Waals surface area (Å²) >= 11 is 0. The minimum atomic E-state index is -0.971. The highest BCUT2D eigenvalue weighted by atomic mass is 16.6. The minimum Gasteiger partial charge on any atom is -0.480 e. The van der Waals surface area contributed by atoms with Crippen LogP contribution in [0.3, 0.4) is 0 Å². The van der Waals surface area contributed by atoms with Crippen LogP contribution in [0.15, 0.2) is 60.7 Å². The number of aliphatic hydroxyl groups excluding tert-OH is 1. The monoisotopic (exact) mass is 494 g/mol. The van der Waals surface area contributed by atoms with Gasteiger partial charge in [0.15, 0.2) is 0 Å². The second kappa shape index (κ2) is 23.4. The topological polar surface area (TPSA) is 113 Å². The Hall–Kier alpha value is -2.37. The number of aliphatic hydroxyl groups is 1. The van der Waals surface area contributed by atoms with Crippen molar-refractivity contribution in [2.45, 2.75) is 13.2 Å². The van der Waals surface area contributed by atoms with Gasteiger partial charge in [0.05, 0.1) is 79.3 Å². The molecule has 9 heteroatoms. The highest BCUT2D eigenvalue weighted by Gasteiger charge is 1.96. The number of carboxylic acids is 1. The molecule has 0 amide bonds. The van der Waals surface area contributed by atoms with E-state index in [2.05, 4.69) is 0 Å². The van der Waals surface area contributed by atoms with Gasteiger partial charge >= 0.3 is 5.97 Å². The lowest BCUT2D eigenvalue weighted by Gasteiger charge is -2.06. The van der Waals surface area contributed by atoms with Crippen LogP contribution in [0.1, 0.15) is 11.1 Å². The SMILES string of the molecule is O=C(O)COCCOCCOCc1ccccc1.OCCOCCOCCOCc1ccccc1. The number of benzene rings is 2. The predicted octanol–water partition coefficient (Wildman–Crippen LogP) is 2.55. The molecule has 196 valence electrons. The van der Waals surface area contributed by atoms with E-state index in [-0.39, 0.29) is 19.8 Å². The number of carboxylic acid groups (broad SMARTS) is 1. The maximum absolute atomic E-state index is 10.1. The van der Waals surface area contributed by atoms with Crippen LogP contribution in [0.2, 0.25) is 0 Å². The fraction of sp³-hybridized carbons (Fsp3) is 0.500. The predicted molar refractivity (Wildman–Crippen MR) is 130 cm³/mol. The van der Waals surface area contributed by atoms with Crippen LogP contribution < -0.4 is 0 Å². The Morgan fingerprint density at radius 2 is 0.914 bits per heavy atom. The quantitative estimate of drug-likeness (QED) is 0.268. The maximum atomic E-state index is 10.1. The Labute approximate surface area is 207 Å². The number of hydrogen-bond acceptors (Lipinski definition) is 8. The van der Waals surface area contributed by atoms with E-state index in [4.69, 9.17) is 38.6 Å². The zero-order valence-electron chi connectivity index (χ0n) is 20.2. The third-order valence-corrected chi connectivity index (χ3v) is 4.17. The lowest BCUT2D eigenvalue weighted by atomic mass is 10.2. The van der Waals surface area contributed by atoms with Crippen molar-refractivity contribution in [3.8, 4) is 0 Å². The van der Waals surface area contributed by atoms with Crippen LogP contribution in [0.4, 0.5) is 0 Å². The van der Waals surface area contributed by atoms with Gasteiger partial charge in [0.2, 0.25) is 0 Å². The molecule has 0 aliphatic heterocycles. The van der Waals surface area contributed by atoms with Crippen molar-refractivity contribution in [3.05, 3.63) is 71.8 Å². The molecule has 0 aliphatic carbocycles. The van der Waals surface area contributed by atoms with Gasteiger partial charge < -0.3 is 38.6 Å². The summed E-state index contributed by atoms with van der Waals surface area (Å²) in [6, 6.07) is 19.9. The fourth-order valence-electron chi connectivity index (χ4n) is 2.53. The third kappa shape index (κ3) is 20.7. The van der Waals surface area contributed by atoms with Crippen LogP contribution in [0.5, 0.6) is 0 Å². The maximum Gasteiger partial charge on any atom is 0.329 e. The first kappa shape index (κ1) is 30.7. The molecule has 0 spiro atoms. The van der Waals surface area contributed by atoms with Gasteiger partial charge in [0, 0.05) is 0 Å². The molecule has 0 saturated heterocycles. The normalized spacial score (nSPS) is 10.5. The largest absolute Gasteiger partial charge is 0.480 e. The summed E-state index contributed by atoms with van der Waals surface area (Å²) in [5.74, 6) is -0.971. The van der Waals surface area contributed by atoms with Gasteiger partial charge in [-0.15, -0.1) is 0 Å². The molecule has 2 rings (SSSR count). The van der Waals surface area contributed by atoms with E-state index in [1.54, 1.807) is 0 Å². The molecule has 0 fully saturated rings. The number of carbonyl (C=O) groups is 1. The molecule has 0 aliphatic rings. The summed E-state index contributed by atoms with van der Waals surface area (Å²) in [6.07, 6.45) is 0. The molecule has 0 unspecified atom stereocenters. The molecule has 2 N–H and O–H groups in total. The van der Waals surface area contributed by atoms with E-state index in [9.17, 15) is 4.79 Å². The Balaban J connectivity index is 0.000000351. The van der Waals surface area contributed by atoms with Crippen molar-refractivity contribution >= 4 is 5.97 Å². The zero-order chi connectivity index (χ0) is 25.2. The van der Waals surface area contributed by atoms with Crippen molar-refractivity contribution in [3.63, 3.8) is 0 Å². The first-order chi connectivity index (χ1) is 17.2. The van der Waals surface area contributed by atoms with Crippen molar-refractivity contribution in [2.75, 3.05) is 72.7 Å². The molecule has 35 heavy (non-hydrogen) atoms. The molecule has 0 atom stereocenters. The van der Waals surface area contributed by atoms with Crippen molar-refractivity contribution in [1.29, 1.82) is 0 Å². The summed E-state index contributed by atoms with van der Waals surface area (Å²) in [7, 11) is 0. The summed E-state index contributed by atoms with van der Waals surface area (Å²) in [6.45, 7) is 5.16. The smallest absolute Gasteiger partial charge is 0.329 e. The Bertz CT molecular complexity index is 713. The number of aliphatic carboxylic acids is 1. The van der Waals surface area contributed by atoms with Crippen molar-refractivity contribution < 1.29 is 43.4 Å². The average Bonchev–Trinajstić information content (AvgIpc) is 2.88. The average molecular weight is 495 g/mol. The third-order valence-electron chi connectivity index (χ3n) is 4.17. The van der Waals surface area contributed by atoms with Gasteiger partial charge in [-0.2, -0.15) is 0 Å². The summed E-state index contributed by atoms with van der Waals surface area (Å²) < 4.78 is 31.2. The molecular weight excluding hydrogens is 456 g/mol. The molecule has 2 aromatic carbocycles. The number of ether oxygens (including phenoxy) is 6. The van der Waals surface area contributed by atoms with Crippen molar-refractivity contribution in [1.82, 2.24) is 0 Å². The molecule has 0 radical (unpaired) electrons. The molecule has 2 aromatic rings. The van der Waals surface area contributed by atoms with Crippen molar-refractivity contribution in [2.24, 2.45) is 0 Å². The molecule has 0 bridgehead atoms. The summed E-state index contributed by atoms with van der Waals surface area (Å²) in [5, 5.41) is 16.8. The fourth-order valence-corrected chi connectivity index (χ4v) is 2.53. The van der Waals surface area contributed by atoms with Crippen LogP contribution in [0, 0.1) is 0 Å². The van der Waals surface area contributed by atoms with Gasteiger partial charge in [0.25, 0.3) is 0 Å². The van der Waals surface area contributed by atoms with Gasteiger partial charge in [-0.1, -0.05) is 60.7 Å². The van der Waals surface area contributed by atoms with E-state index < -0.39 is 5.97 Å². The second-order valence-electron chi connectivity index (χ2n) is 7.08. The van der Waals surface area contributed by atoms with Gasteiger partial charge in [-0.25, -0.2) is 4.79 Å². The Kier molecular flexibility index (Phi) is 20.5. The van der Waals surface area contributed by atoms with Gasteiger partial charge in [0.1, 0.15) is 6.61 Å². The molecule has 0 saturated carbocycles. The van der Waals surface area contributed by atoms with Crippen LogP contribution >= 0.6 is 0 Å². The highest BCUT2D eigenvalue weighted by molar-refractivity contribution is 5.67. The summed E-state index contributed by atoms with van der Waals surface area (Å²) in [4.78, 5) is 10.1. The Morgan fingerprint density at radius 1 is 0.543 bits per heavy atom. The first-order valence-electron chi connectivity index (χ1n) is 11.6. The lowest BCUT2D eigenvalue weighted by Crippen LogP contribution is -2.13. The van der Waals surface area contributed by atoms with E-state index in [1.807, 2.05) is 60.7 Å². The van der Waals surface area contributed by atoms with Crippen LogP contribution in [0.25, 0.3) is 0 Å². The molecule has 9 nitrogen and oxygen atoms in total.